The molecular weight excluding hydrogens is 797 g/mol. The van der Waals surface area contributed by atoms with Crippen LogP contribution in [0.1, 0.15) is 239 Å². The second kappa shape index (κ2) is 21.1. The quantitative estimate of drug-likeness (QED) is 0.118. The van der Waals surface area contributed by atoms with Crippen molar-refractivity contribution in [3.63, 3.8) is 0 Å². The zero-order valence-corrected chi connectivity index (χ0v) is 46.5. The van der Waals surface area contributed by atoms with Crippen molar-refractivity contribution in [1.82, 2.24) is 25.2 Å². The summed E-state index contributed by atoms with van der Waals surface area (Å²) in [5, 5.41) is 7.41. The predicted octanol–water partition coefficient (Wildman–Crippen LogP) is 14.6. The van der Waals surface area contributed by atoms with E-state index >= 15 is 0 Å². The van der Waals surface area contributed by atoms with Crippen molar-refractivity contribution in [3.05, 3.63) is 0 Å². The summed E-state index contributed by atoms with van der Waals surface area (Å²) in [6.07, 6.45) is 25.0. The third-order valence-corrected chi connectivity index (χ3v) is 16.4. The molecule has 4 saturated carbocycles. The average molecular weight is 906 g/mol. The summed E-state index contributed by atoms with van der Waals surface area (Å²) in [5.41, 5.74) is 2.78. The van der Waals surface area contributed by atoms with Crippen molar-refractivity contribution in [1.29, 1.82) is 0 Å². The highest BCUT2D eigenvalue weighted by atomic mass is 15.4. The molecule has 1 heterocycles. The largest absolute Gasteiger partial charge is 0.357 e. The maximum atomic E-state index is 5.61. The molecule has 0 aromatic carbocycles. The van der Waals surface area contributed by atoms with Crippen LogP contribution >= 0.6 is 0 Å². The monoisotopic (exact) mass is 905 g/mol. The number of nitrogens with one attached hydrogen (secondary N) is 2. The van der Waals surface area contributed by atoms with E-state index in [1.165, 1.54) is 129 Å². The van der Waals surface area contributed by atoms with Crippen molar-refractivity contribution in [2.75, 3.05) is 55.4 Å². The first-order valence-corrected chi connectivity index (χ1v) is 27.3. The molecule has 2 N–H and O–H groups in total. The molecule has 0 aliphatic heterocycles. The second-order valence-corrected chi connectivity index (χ2v) is 29.5. The lowest BCUT2D eigenvalue weighted by Crippen LogP contribution is -2.49. The molecule has 4 aliphatic rings. The summed E-state index contributed by atoms with van der Waals surface area (Å²) < 4.78 is 0. The van der Waals surface area contributed by atoms with Gasteiger partial charge in [-0.2, -0.15) is 15.0 Å². The predicted molar refractivity (Wildman–Crippen MR) is 282 cm³/mol. The number of rotatable bonds is 21. The first-order valence-electron chi connectivity index (χ1n) is 27.3. The lowest BCUT2D eigenvalue weighted by molar-refractivity contribution is 0.0348. The van der Waals surface area contributed by atoms with E-state index in [1.807, 2.05) is 7.05 Å². The number of hydrogen-bond acceptors (Lipinski definition) is 8. The van der Waals surface area contributed by atoms with E-state index in [2.05, 4.69) is 143 Å². The highest BCUT2D eigenvalue weighted by Gasteiger charge is 2.44. The van der Waals surface area contributed by atoms with Gasteiger partial charge in [-0.1, -0.05) is 136 Å². The average Bonchev–Trinajstić information content (AvgIpc) is 3.10. The summed E-state index contributed by atoms with van der Waals surface area (Å²) >= 11 is 0. The van der Waals surface area contributed by atoms with Crippen LogP contribution in [0.4, 0.5) is 17.8 Å². The van der Waals surface area contributed by atoms with Crippen molar-refractivity contribution in [3.8, 4) is 0 Å². The van der Waals surface area contributed by atoms with Gasteiger partial charge in [0, 0.05) is 44.3 Å². The maximum Gasteiger partial charge on any atom is 0.232 e. The number of nitrogens with zero attached hydrogens (tertiary/aromatic N) is 6. The summed E-state index contributed by atoms with van der Waals surface area (Å²) in [7, 11) is 4.39. The molecule has 0 atom stereocenters. The molecule has 4 fully saturated rings. The number of aromatic nitrogens is 3. The Bertz CT molecular complexity index is 1570. The molecule has 5 rings (SSSR count). The van der Waals surface area contributed by atoms with Gasteiger partial charge in [0.05, 0.1) is 0 Å². The maximum absolute atomic E-state index is 5.61. The lowest BCUT2D eigenvalue weighted by Gasteiger charge is -2.49. The molecule has 1 aromatic heterocycles. The standard InChI is InChI=1S/C57H108N8/c1-50(2)31-43(32-51(3,4)39-50)59-27-23-19-20-25-29-64(45-35-54(9,10)41-55(11,12)36-45)48-60-47(58-17)61-49(62-48)65(46-37-56(13,14)42-57(15,16)38-46)30-26-22-21-24-28-63(18)44-33-52(5,6)40-53(7,8)34-44/h43-46,59H,19-42H2,1-18H3,(H,58,60,61,62). The molecule has 376 valence electrons. The minimum atomic E-state index is 0.267. The van der Waals surface area contributed by atoms with Gasteiger partial charge >= 0.3 is 0 Å². The zero-order valence-electron chi connectivity index (χ0n) is 46.5. The molecule has 0 spiro atoms. The van der Waals surface area contributed by atoms with Gasteiger partial charge < -0.3 is 25.3 Å². The molecule has 8 heteroatoms. The van der Waals surface area contributed by atoms with Gasteiger partial charge in [-0.25, -0.2) is 0 Å². The van der Waals surface area contributed by atoms with Crippen LogP contribution in [-0.2, 0) is 0 Å². The van der Waals surface area contributed by atoms with E-state index in [0.29, 0.717) is 51.8 Å². The van der Waals surface area contributed by atoms with Gasteiger partial charge in [-0.3, -0.25) is 0 Å². The molecule has 65 heavy (non-hydrogen) atoms. The summed E-state index contributed by atoms with van der Waals surface area (Å²) in [4.78, 5) is 24.1. The first kappa shape index (κ1) is 54.3. The topological polar surface area (TPSA) is 72.5 Å². The fraction of sp³-hybridized carbons (Fsp3) is 0.947. The highest BCUT2D eigenvalue weighted by molar-refractivity contribution is 5.47. The molecular formula is C57H108N8. The van der Waals surface area contributed by atoms with Crippen molar-refractivity contribution < 1.29 is 0 Å². The Labute approximate surface area is 403 Å². The molecule has 8 nitrogen and oxygen atoms in total. The Morgan fingerprint density at radius 3 is 1.11 bits per heavy atom. The van der Waals surface area contributed by atoms with Crippen molar-refractivity contribution in [2.45, 2.75) is 263 Å². The minimum absolute atomic E-state index is 0.267. The molecule has 0 bridgehead atoms. The summed E-state index contributed by atoms with van der Waals surface area (Å²) in [5.74, 6) is 2.49. The molecule has 0 saturated heterocycles. The van der Waals surface area contributed by atoms with E-state index in [4.69, 9.17) is 15.0 Å². The lowest BCUT2D eigenvalue weighted by atomic mass is 9.63. The minimum Gasteiger partial charge on any atom is -0.357 e. The SMILES string of the molecule is CNc1nc(N(CCCCCCNC2CC(C)(C)CC(C)(C)C2)C2CC(C)(C)CC(C)(C)C2)nc(N(CCCCCCN(C)C2CC(C)(C)CC(C)(C)C2)C2CC(C)(C)CC(C)(C)C2)n1. The van der Waals surface area contributed by atoms with Crippen LogP contribution in [0.2, 0.25) is 0 Å². The van der Waals surface area contributed by atoms with Crippen LogP contribution in [0.3, 0.4) is 0 Å². The Morgan fingerprint density at radius 2 is 0.738 bits per heavy atom. The third-order valence-electron chi connectivity index (χ3n) is 16.4. The van der Waals surface area contributed by atoms with Gasteiger partial charge in [-0.15, -0.1) is 0 Å². The van der Waals surface area contributed by atoms with Crippen LogP contribution in [0.25, 0.3) is 0 Å². The Hall–Kier alpha value is -1.67. The Kier molecular flexibility index (Phi) is 17.6. The van der Waals surface area contributed by atoms with Gasteiger partial charge in [0.15, 0.2) is 0 Å². The van der Waals surface area contributed by atoms with Crippen molar-refractivity contribution >= 4 is 17.8 Å². The zero-order chi connectivity index (χ0) is 48.3. The molecule has 1 aromatic rings. The fourth-order valence-corrected chi connectivity index (χ4v) is 16.0. The summed E-state index contributed by atoms with van der Waals surface area (Å²) in [6.45, 7) is 44.0. The van der Waals surface area contributed by atoms with E-state index in [-0.39, 0.29) is 21.7 Å². The van der Waals surface area contributed by atoms with Crippen molar-refractivity contribution in [2.24, 2.45) is 43.3 Å². The van der Waals surface area contributed by atoms with Gasteiger partial charge in [0.1, 0.15) is 0 Å². The first-order chi connectivity index (χ1) is 29.9. The Morgan fingerprint density at radius 1 is 0.415 bits per heavy atom. The Balaban J connectivity index is 1.30. The van der Waals surface area contributed by atoms with Gasteiger partial charge in [0.25, 0.3) is 0 Å². The van der Waals surface area contributed by atoms with E-state index < -0.39 is 0 Å². The molecule has 0 amide bonds. The highest BCUT2D eigenvalue weighted by Crippen LogP contribution is 2.51. The summed E-state index contributed by atoms with van der Waals surface area (Å²) in [6, 6.07) is 2.14. The smallest absolute Gasteiger partial charge is 0.232 e. The third kappa shape index (κ3) is 17.1. The number of anilines is 3. The second-order valence-electron chi connectivity index (χ2n) is 29.5. The molecule has 4 aliphatic carbocycles. The number of unbranched alkanes of at least 4 members (excludes halogenated alkanes) is 6. The molecule has 0 unspecified atom stereocenters. The molecule has 0 radical (unpaired) electrons. The van der Waals surface area contributed by atoms with Crippen LogP contribution < -0.4 is 20.4 Å². The fourth-order valence-electron chi connectivity index (χ4n) is 16.0. The van der Waals surface area contributed by atoms with E-state index in [9.17, 15) is 0 Å². The van der Waals surface area contributed by atoms with Crippen LogP contribution in [0, 0.1) is 43.3 Å². The van der Waals surface area contributed by atoms with Crippen LogP contribution in [0.5, 0.6) is 0 Å². The number of hydrogen-bond donors (Lipinski definition) is 2. The van der Waals surface area contributed by atoms with Crippen LogP contribution in [0.15, 0.2) is 0 Å². The van der Waals surface area contributed by atoms with Crippen LogP contribution in [-0.4, -0.2) is 84.3 Å². The van der Waals surface area contributed by atoms with E-state index in [0.717, 1.165) is 38.0 Å². The van der Waals surface area contributed by atoms with E-state index in [1.54, 1.807) is 0 Å². The van der Waals surface area contributed by atoms with Gasteiger partial charge in [0.2, 0.25) is 17.8 Å². The van der Waals surface area contributed by atoms with Gasteiger partial charge in [-0.05, 0) is 166 Å². The normalized spacial score (nSPS) is 25.1.